The van der Waals surface area contributed by atoms with Crippen LogP contribution in [0.4, 0.5) is 0 Å². The van der Waals surface area contributed by atoms with Gasteiger partial charge < -0.3 is 20.3 Å². The van der Waals surface area contributed by atoms with Crippen LogP contribution in [0.3, 0.4) is 0 Å². The van der Waals surface area contributed by atoms with E-state index in [1.807, 2.05) is 70.2 Å². The van der Waals surface area contributed by atoms with Crippen LogP contribution >= 0.6 is 0 Å². The van der Waals surface area contributed by atoms with Crippen molar-refractivity contribution in [2.45, 2.75) is 64.4 Å². The van der Waals surface area contributed by atoms with Gasteiger partial charge in [0.2, 0.25) is 5.60 Å². The zero-order chi connectivity index (χ0) is 24.6. The standard InChI is InChI=1S/C28H35NO5/c1-16-9-8-12-21-26(32)19(4)18(3)24-22(15-20-10-6-5-7-11-20)29-27(33)28(21,24)34-23(30)14-13-17(2)25(16)31/h5-8,10-14,16-17,21-22,24-26,31-32H,9,15H2,1-4H3,(H,29,33)/b12-8+,14-13+/t16-,17-,21-,22-,24-,25+,26+,28+/m0/s1. The van der Waals surface area contributed by atoms with Gasteiger partial charge in [-0.1, -0.05) is 68.0 Å². The van der Waals surface area contributed by atoms with E-state index in [2.05, 4.69) is 5.32 Å². The van der Waals surface area contributed by atoms with Crippen molar-refractivity contribution >= 4 is 11.9 Å². The Labute approximate surface area is 201 Å². The molecule has 0 radical (unpaired) electrons. The minimum Gasteiger partial charge on any atom is -0.444 e. The second-order valence-electron chi connectivity index (χ2n) is 10.1. The van der Waals surface area contributed by atoms with E-state index in [-0.39, 0.29) is 23.8 Å². The molecule has 1 amide bonds. The molecule has 3 N–H and O–H groups in total. The molecule has 6 nitrogen and oxygen atoms in total. The third kappa shape index (κ3) is 4.14. The van der Waals surface area contributed by atoms with Crippen molar-refractivity contribution in [3.05, 3.63) is 71.3 Å². The number of esters is 1. The van der Waals surface area contributed by atoms with Gasteiger partial charge in [-0.15, -0.1) is 0 Å². The number of carbonyl (C=O) groups excluding carboxylic acids is 2. The molecule has 2 heterocycles. The minimum absolute atomic E-state index is 0.0552. The number of aliphatic hydroxyl groups excluding tert-OH is 2. The Bertz CT molecular complexity index is 1030. The van der Waals surface area contributed by atoms with Gasteiger partial charge in [-0.2, -0.15) is 0 Å². The van der Waals surface area contributed by atoms with Crippen molar-refractivity contribution in [1.29, 1.82) is 0 Å². The molecule has 34 heavy (non-hydrogen) atoms. The van der Waals surface area contributed by atoms with Gasteiger partial charge in [0.05, 0.1) is 24.0 Å². The Hall–Kier alpha value is -2.70. The second-order valence-corrected chi connectivity index (χ2v) is 10.1. The largest absolute Gasteiger partial charge is 0.444 e. The summed E-state index contributed by atoms with van der Waals surface area (Å²) < 4.78 is 6.05. The Balaban J connectivity index is 1.82. The lowest BCUT2D eigenvalue weighted by Crippen LogP contribution is -2.59. The molecule has 8 atom stereocenters. The highest BCUT2D eigenvalue weighted by atomic mass is 16.6. The van der Waals surface area contributed by atoms with Crippen LogP contribution in [0.5, 0.6) is 0 Å². The molecule has 3 aliphatic rings. The normalized spacial score (nSPS) is 40.2. The van der Waals surface area contributed by atoms with Gasteiger partial charge in [0.25, 0.3) is 5.91 Å². The van der Waals surface area contributed by atoms with E-state index in [1.54, 1.807) is 6.08 Å². The van der Waals surface area contributed by atoms with E-state index in [9.17, 15) is 19.8 Å². The number of amides is 1. The maximum absolute atomic E-state index is 13.7. The first-order valence-corrected chi connectivity index (χ1v) is 12.1. The molecule has 1 saturated heterocycles. The summed E-state index contributed by atoms with van der Waals surface area (Å²) >= 11 is 0. The Kier molecular flexibility index (Phi) is 6.83. The van der Waals surface area contributed by atoms with Crippen molar-refractivity contribution < 1.29 is 24.5 Å². The first-order chi connectivity index (χ1) is 16.2. The first-order valence-electron chi connectivity index (χ1n) is 12.1. The number of hydrogen-bond donors (Lipinski definition) is 3. The van der Waals surface area contributed by atoms with Crippen molar-refractivity contribution in [1.82, 2.24) is 5.32 Å². The highest BCUT2D eigenvalue weighted by Crippen LogP contribution is 2.50. The molecular formula is C28H35NO5. The molecule has 1 aromatic carbocycles. The number of carbonyl (C=O) groups is 2. The number of rotatable bonds is 2. The third-order valence-corrected chi connectivity index (χ3v) is 7.98. The van der Waals surface area contributed by atoms with Crippen LogP contribution in [0.1, 0.15) is 39.7 Å². The fourth-order valence-electron chi connectivity index (χ4n) is 5.87. The molecule has 1 spiro atoms. The Morgan fingerprint density at radius 1 is 1.06 bits per heavy atom. The van der Waals surface area contributed by atoms with Crippen molar-refractivity contribution in [3.63, 3.8) is 0 Å². The van der Waals surface area contributed by atoms with Crippen LogP contribution in [-0.4, -0.2) is 45.9 Å². The fourth-order valence-corrected chi connectivity index (χ4v) is 5.87. The lowest BCUT2D eigenvalue weighted by Gasteiger charge is -2.46. The summed E-state index contributed by atoms with van der Waals surface area (Å²) in [7, 11) is 0. The maximum Gasteiger partial charge on any atom is 0.331 e. The lowest BCUT2D eigenvalue weighted by atomic mass is 9.63. The zero-order valence-electron chi connectivity index (χ0n) is 20.3. The summed E-state index contributed by atoms with van der Waals surface area (Å²) in [6, 6.07) is 9.62. The first kappa shape index (κ1) is 24.4. The molecule has 1 fully saturated rings. The number of benzene rings is 1. The van der Waals surface area contributed by atoms with Gasteiger partial charge in [-0.05, 0) is 43.7 Å². The molecule has 182 valence electrons. The summed E-state index contributed by atoms with van der Waals surface area (Å²) in [4.78, 5) is 26.7. The Morgan fingerprint density at radius 3 is 2.47 bits per heavy atom. The number of aliphatic hydroxyl groups is 2. The van der Waals surface area contributed by atoms with E-state index >= 15 is 0 Å². The minimum atomic E-state index is -1.55. The summed E-state index contributed by atoms with van der Waals surface area (Å²) in [5.74, 6) is -2.48. The highest BCUT2D eigenvalue weighted by molar-refractivity contribution is 5.94. The summed E-state index contributed by atoms with van der Waals surface area (Å²) in [5, 5.41) is 25.0. The van der Waals surface area contributed by atoms with E-state index in [0.29, 0.717) is 12.8 Å². The Morgan fingerprint density at radius 2 is 1.76 bits per heavy atom. The summed E-state index contributed by atoms with van der Waals surface area (Å²) in [6.45, 7) is 7.60. The van der Waals surface area contributed by atoms with Crippen LogP contribution in [0, 0.1) is 23.7 Å². The highest BCUT2D eigenvalue weighted by Gasteiger charge is 2.66. The second kappa shape index (κ2) is 9.51. The predicted molar refractivity (Wildman–Crippen MR) is 129 cm³/mol. The molecule has 2 aliphatic heterocycles. The van der Waals surface area contributed by atoms with Crippen LogP contribution < -0.4 is 5.32 Å². The molecule has 0 aromatic heterocycles. The maximum atomic E-state index is 13.7. The van der Waals surface area contributed by atoms with Crippen LogP contribution in [0.25, 0.3) is 0 Å². The molecule has 4 rings (SSSR count). The average molecular weight is 466 g/mol. The quantitative estimate of drug-likeness (QED) is 0.461. The van der Waals surface area contributed by atoms with E-state index in [1.165, 1.54) is 6.08 Å². The fraction of sp³-hybridized carbons (Fsp3) is 0.500. The van der Waals surface area contributed by atoms with Gasteiger partial charge in [-0.3, -0.25) is 4.79 Å². The van der Waals surface area contributed by atoms with Gasteiger partial charge >= 0.3 is 5.97 Å². The SMILES string of the molecule is CC1=C(C)[C@H]2[C@H](Cc3ccccc3)NC(=O)[C@]23OC(=O)/C=C/[C@H](C)[C@H](O)[C@@H](C)C/C=C/[C@H]3[C@@H]1O. The van der Waals surface area contributed by atoms with E-state index < -0.39 is 35.6 Å². The van der Waals surface area contributed by atoms with Crippen LogP contribution in [0.2, 0.25) is 0 Å². The van der Waals surface area contributed by atoms with Crippen LogP contribution in [0.15, 0.2) is 65.8 Å². The number of nitrogens with one attached hydrogen (secondary N) is 1. The van der Waals surface area contributed by atoms with Gasteiger partial charge in [-0.25, -0.2) is 4.79 Å². The molecule has 1 aromatic rings. The number of ether oxygens (including phenoxy) is 1. The molecule has 0 saturated carbocycles. The van der Waals surface area contributed by atoms with Crippen molar-refractivity contribution in [3.8, 4) is 0 Å². The smallest absolute Gasteiger partial charge is 0.331 e. The number of hydrogen-bond acceptors (Lipinski definition) is 5. The molecule has 0 bridgehead atoms. The van der Waals surface area contributed by atoms with Crippen molar-refractivity contribution in [2.75, 3.05) is 0 Å². The van der Waals surface area contributed by atoms with Crippen molar-refractivity contribution in [2.24, 2.45) is 23.7 Å². The molecular weight excluding hydrogens is 430 g/mol. The third-order valence-electron chi connectivity index (χ3n) is 7.98. The van der Waals surface area contributed by atoms with Crippen LogP contribution in [-0.2, 0) is 20.7 Å². The van der Waals surface area contributed by atoms with Gasteiger partial charge in [0.15, 0.2) is 0 Å². The molecule has 0 unspecified atom stereocenters. The van der Waals surface area contributed by atoms with E-state index in [0.717, 1.165) is 16.7 Å². The predicted octanol–water partition coefficient (Wildman–Crippen LogP) is 3.10. The topological polar surface area (TPSA) is 95.9 Å². The number of allylic oxidation sites excluding steroid dienone is 1. The summed E-state index contributed by atoms with van der Waals surface area (Å²) in [5.41, 5.74) is 1.19. The molecule has 6 heteroatoms. The molecule has 1 aliphatic carbocycles. The van der Waals surface area contributed by atoms with Gasteiger partial charge in [0.1, 0.15) is 0 Å². The summed E-state index contributed by atoms with van der Waals surface area (Å²) in [6.07, 6.45) is 6.23. The van der Waals surface area contributed by atoms with Gasteiger partial charge in [0, 0.05) is 18.0 Å². The average Bonchev–Trinajstić information content (AvgIpc) is 3.08. The monoisotopic (exact) mass is 465 g/mol. The lowest BCUT2D eigenvalue weighted by molar-refractivity contribution is -0.175. The zero-order valence-corrected chi connectivity index (χ0v) is 20.3. The van der Waals surface area contributed by atoms with E-state index in [4.69, 9.17) is 4.74 Å².